The van der Waals surface area contributed by atoms with E-state index in [-0.39, 0.29) is 59.8 Å². The van der Waals surface area contributed by atoms with Crippen LogP contribution in [0.2, 0.25) is 5.02 Å². The minimum absolute atomic E-state index is 0.0246. The number of nitrogens with one attached hydrogen (secondary N) is 5. The fraction of sp³-hybridized carbons (Fsp3) is 0.550. The summed E-state index contributed by atoms with van der Waals surface area (Å²) in [6.45, 7) is 5.06. The molecule has 0 spiro atoms. The molecule has 23 heteroatoms. The number of carbonyl (C=O) groups excluding carboxylic acids is 6. The second-order valence-electron chi connectivity index (χ2n) is 16.2. The highest BCUT2D eigenvalue weighted by Crippen LogP contribution is 2.28. The second-order valence-corrected chi connectivity index (χ2v) is 18.8. The third-order valence-electron chi connectivity index (χ3n) is 11.2. The van der Waals surface area contributed by atoms with Gasteiger partial charge in [0.2, 0.25) is 33.7 Å². The first-order chi connectivity index (χ1) is 29.6. The lowest BCUT2D eigenvalue weighted by Crippen LogP contribution is -2.63. The Labute approximate surface area is 367 Å². The van der Waals surface area contributed by atoms with Crippen molar-refractivity contribution in [1.29, 1.82) is 0 Å². The van der Waals surface area contributed by atoms with Crippen molar-refractivity contribution < 1.29 is 60.2 Å². The number of fused-ring (bicyclic) bond motifs is 2. The predicted octanol–water partition coefficient (Wildman–Crippen LogP) is 1.07. The monoisotopic (exact) mass is 928 g/mol. The standard InChI is InChI=1S/C40H52ClF3N8O10S/c1-6-63(60,61)45-16-33-35(54)46-22(4)36(55)52-18-21(3)10-32(52)39(58)62-19-30(37(56)51-17-20(2)9-31(51)38(57)50(33)5)47-34(53)29(13-23-11-25(42)15-26(43)12-23)49-40(59)48-28-8-7-24(41)14-27(28)44/h7-8,11-12,14-15,20-22,29-33,35,45-46,54H,6,9-10,13,16-19H2,1-5H3,(H,47,53)(H2,48,49,59)/t20?,21-,22+,29+,30+,31+,32+,33+,35?/m1/s1. The molecular formula is C40H52ClF3N8O10S. The fourth-order valence-electron chi connectivity index (χ4n) is 7.89. The van der Waals surface area contributed by atoms with Crippen LogP contribution in [0.5, 0.6) is 0 Å². The molecule has 0 bridgehead atoms. The summed E-state index contributed by atoms with van der Waals surface area (Å²) in [7, 11) is -2.56. The van der Waals surface area contributed by atoms with Crippen molar-refractivity contribution in [2.75, 3.05) is 44.4 Å². The summed E-state index contributed by atoms with van der Waals surface area (Å²) in [5.41, 5.74) is -0.446. The van der Waals surface area contributed by atoms with Gasteiger partial charge in [-0.2, -0.15) is 0 Å². The quantitative estimate of drug-likeness (QED) is 0.185. The Balaban J connectivity index is 1.52. The number of anilines is 1. The summed E-state index contributed by atoms with van der Waals surface area (Å²) < 4.78 is 76.3. The Morgan fingerprint density at radius 1 is 0.937 bits per heavy atom. The highest BCUT2D eigenvalue weighted by Gasteiger charge is 2.46. The van der Waals surface area contributed by atoms with E-state index in [4.69, 9.17) is 16.3 Å². The number of aliphatic hydroxyl groups excluding tert-OH is 1. The highest BCUT2D eigenvalue weighted by atomic mass is 35.5. The highest BCUT2D eigenvalue weighted by molar-refractivity contribution is 7.89. The van der Waals surface area contributed by atoms with Gasteiger partial charge in [-0.25, -0.2) is 35.9 Å². The molecule has 0 aromatic heterocycles. The van der Waals surface area contributed by atoms with E-state index in [1.165, 1.54) is 31.9 Å². The number of likely N-dealkylation sites (N-methyl/N-ethyl adjacent to an activating group) is 1. The van der Waals surface area contributed by atoms with Crippen molar-refractivity contribution in [1.82, 2.24) is 35.4 Å². The summed E-state index contributed by atoms with van der Waals surface area (Å²) in [5, 5.41) is 21.3. The van der Waals surface area contributed by atoms with Gasteiger partial charge >= 0.3 is 12.0 Å². The predicted molar refractivity (Wildman–Crippen MR) is 221 cm³/mol. The van der Waals surface area contributed by atoms with Gasteiger partial charge in [0, 0.05) is 44.2 Å². The number of nitrogens with zero attached hydrogens (tertiary/aromatic N) is 3. The molecule has 0 aliphatic carbocycles. The molecule has 346 valence electrons. The lowest BCUT2D eigenvalue weighted by atomic mass is 10.0. The molecule has 2 aromatic rings. The van der Waals surface area contributed by atoms with Crippen molar-refractivity contribution in [2.24, 2.45) is 11.8 Å². The zero-order chi connectivity index (χ0) is 46.5. The van der Waals surface area contributed by atoms with Crippen LogP contribution in [0, 0.1) is 29.3 Å². The number of hydrogen-bond acceptors (Lipinski definition) is 11. The van der Waals surface area contributed by atoms with Crippen molar-refractivity contribution in [2.45, 2.75) is 89.4 Å². The molecule has 0 radical (unpaired) electrons. The number of benzene rings is 2. The number of rotatable bonds is 10. The van der Waals surface area contributed by atoms with Gasteiger partial charge < -0.3 is 40.5 Å². The Morgan fingerprint density at radius 2 is 1.56 bits per heavy atom. The largest absolute Gasteiger partial charge is 0.461 e. The van der Waals surface area contributed by atoms with Gasteiger partial charge in [0.15, 0.2) is 0 Å². The van der Waals surface area contributed by atoms with Crippen LogP contribution < -0.4 is 26.0 Å². The molecule has 3 aliphatic heterocycles. The maximum absolute atomic E-state index is 14.7. The van der Waals surface area contributed by atoms with Crippen LogP contribution in [0.25, 0.3) is 0 Å². The molecule has 5 rings (SSSR count). The molecule has 0 saturated carbocycles. The van der Waals surface area contributed by atoms with E-state index in [9.17, 15) is 55.5 Å². The zero-order valence-electron chi connectivity index (χ0n) is 35.2. The van der Waals surface area contributed by atoms with Crippen LogP contribution in [0.15, 0.2) is 36.4 Å². The topological polar surface area (TPSA) is 236 Å². The third kappa shape index (κ3) is 12.4. The van der Waals surface area contributed by atoms with Crippen LogP contribution >= 0.6 is 11.6 Å². The summed E-state index contributed by atoms with van der Waals surface area (Å²) in [5.74, 6) is -8.15. The number of hydrogen-bond donors (Lipinski definition) is 6. The lowest BCUT2D eigenvalue weighted by molar-refractivity contribution is -0.158. The molecule has 6 amide bonds. The maximum atomic E-state index is 14.7. The normalized spacial score (nSPS) is 26.8. The van der Waals surface area contributed by atoms with Gasteiger partial charge in [-0.15, -0.1) is 0 Å². The van der Waals surface area contributed by atoms with Crippen LogP contribution in [0.1, 0.15) is 46.1 Å². The molecule has 9 atom stereocenters. The number of sulfonamides is 1. The van der Waals surface area contributed by atoms with E-state index in [2.05, 4.69) is 26.0 Å². The lowest BCUT2D eigenvalue weighted by Gasteiger charge is -2.38. The smallest absolute Gasteiger partial charge is 0.328 e. The summed E-state index contributed by atoms with van der Waals surface area (Å²) in [6.07, 6.45) is -2.06. The Kier molecular flexibility index (Phi) is 16.1. The van der Waals surface area contributed by atoms with Gasteiger partial charge in [0.05, 0.1) is 23.5 Å². The van der Waals surface area contributed by atoms with Crippen molar-refractivity contribution in [3.05, 3.63) is 64.4 Å². The average Bonchev–Trinajstić information content (AvgIpc) is 3.80. The molecule has 3 heterocycles. The first kappa shape index (κ1) is 49.0. The van der Waals surface area contributed by atoms with Crippen LogP contribution in [0.4, 0.5) is 23.7 Å². The molecule has 18 nitrogen and oxygen atoms in total. The number of ether oxygens (including phenoxy) is 1. The minimum atomic E-state index is -3.86. The van der Waals surface area contributed by atoms with Gasteiger partial charge in [0.25, 0.3) is 0 Å². The van der Waals surface area contributed by atoms with E-state index >= 15 is 0 Å². The van der Waals surface area contributed by atoms with E-state index in [0.717, 1.165) is 34.1 Å². The molecule has 6 N–H and O–H groups in total. The average molecular weight is 929 g/mol. The van der Waals surface area contributed by atoms with Crippen LogP contribution in [-0.4, -0.2) is 145 Å². The van der Waals surface area contributed by atoms with Gasteiger partial charge in [-0.05, 0) is 74.4 Å². The van der Waals surface area contributed by atoms with Crippen LogP contribution in [0.3, 0.4) is 0 Å². The maximum Gasteiger partial charge on any atom is 0.328 e. The summed E-state index contributed by atoms with van der Waals surface area (Å²) in [6, 6.07) is -3.81. The van der Waals surface area contributed by atoms with E-state index in [1.807, 2.05) is 0 Å². The van der Waals surface area contributed by atoms with E-state index in [0.29, 0.717) is 6.07 Å². The number of amides is 6. The molecule has 63 heavy (non-hydrogen) atoms. The molecular weight excluding hydrogens is 877 g/mol. The number of aliphatic hydroxyl groups is 1. The number of cyclic esters (lactones) is 1. The molecule has 2 unspecified atom stereocenters. The van der Waals surface area contributed by atoms with Crippen molar-refractivity contribution in [3.8, 4) is 0 Å². The minimum Gasteiger partial charge on any atom is -0.461 e. The number of halogens is 4. The molecule has 3 fully saturated rings. The molecule has 3 aliphatic rings. The van der Waals surface area contributed by atoms with E-state index in [1.54, 1.807) is 13.8 Å². The Hall–Kier alpha value is -5.03. The van der Waals surface area contributed by atoms with Gasteiger partial charge in [-0.1, -0.05) is 25.4 Å². The van der Waals surface area contributed by atoms with Gasteiger partial charge in [0.1, 0.15) is 54.5 Å². The first-order valence-corrected chi connectivity index (χ1v) is 22.3. The van der Waals surface area contributed by atoms with Crippen molar-refractivity contribution in [3.63, 3.8) is 0 Å². The second kappa shape index (κ2) is 20.6. The SMILES string of the molecule is CCS(=O)(=O)NC[C@H]1C(O)N[C@@H](C)C(=O)N2C[C@H](C)C[C@H]2C(=O)OC[C@H](NC(=O)[C@H](Cc2cc(F)cc(F)c2)NC(=O)Nc2ccc(Cl)cc2F)C(=O)N2CC(C)C[C@H]2C(=O)N1C. The van der Waals surface area contributed by atoms with Crippen LogP contribution in [-0.2, 0) is 45.2 Å². The van der Waals surface area contributed by atoms with E-state index < -0.39 is 125 Å². The number of carbonyl (C=O) groups is 6. The third-order valence-corrected chi connectivity index (χ3v) is 12.8. The zero-order valence-corrected chi connectivity index (χ0v) is 36.8. The molecule has 2 aromatic carbocycles. The summed E-state index contributed by atoms with van der Waals surface area (Å²) in [4.78, 5) is 87.6. The first-order valence-electron chi connectivity index (χ1n) is 20.3. The Morgan fingerprint density at radius 3 is 2.17 bits per heavy atom. The fourth-order valence-corrected chi connectivity index (χ4v) is 8.67. The number of esters is 1. The van der Waals surface area contributed by atoms with Gasteiger partial charge in [-0.3, -0.25) is 24.5 Å². The summed E-state index contributed by atoms with van der Waals surface area (Å²) >= 11 is 5.82. The molecule has 3 saturated heterocycles. The number of urea groups is 1. The van der Waals surface area contributed by atoms with Crippen molar-refractivity contribution >= 4 is 62.9 Å². The Bertz CT molecular complexity index is 2170.